The Kier molecular flexibility index (Phi) is 3.39. The fraction of sp³-hybridized carbons (Fsp3) is 0.636. The molecule has 1 atom stereocenters. The SMILES string of the molecule is Cc1nccc(C2(C)CN(S(C)(=O)=O)CCO2)n1. The maximum absolute atomic E-state index is 11.6. The van der Waals surface area contributed by atoms with Crippen molar-refractivity contribution in [2.24, 2.45) is 0 Å². The van der Waals surface area contributed by atoms with Crippen LogP contribution in [0.5, 0.6) is 0 Å². The summed E-state index contributed by atoms with van der Waals surface area (Å²) in [5.41, 5.74) is -0.00183. The van der Waals surface area contributed by atoms with Gasteiger partial charge in [0, 0.05) is 19.3 Å². The van der Waals surface area contributed by atoms with Gasteiger partial charge in [-0.15, -0.1) is 0 Å². The third kappa shape index (κ3) is 2.68. The Labute approximate surface area is 107 Å². The number of hydrogen-bond donors (Lipinski definition) is 0. The summed E-state index contributed by atoms with van der Waals surface area (Å²) in [7, 11) is -3.21. The third-order valence-electron chi connectivity index (χ3n) is 3.03. The van der Waals surface area contributed by atoms with Crippen molar-refractivity contribution < 1.29 is 13.2 Å². The molecular formula is C11H17N3O3S. The molecule has 0 radical (unpaired) electrons. The molecule has 100 valence electrons. The van der Waals surface area contributed by atoms with Gasteiger partial charge < -0.3 is 4.74 Å². The van der Waals surface area contributed by atoms with E-state index in [4.69, 9.17) is 4.74 Å². The van der Waals surface area contributed by atoms with Crippen LogP contribution in [0.2, 0.25) is 0 Å². The van der Waals surface area contributed by atoms with Crippen molar-refractivity contribution in [2.75, 3.05) is 26.0 Å². The molecule has 0 spiro atoms. The topological polar surface area (TPSA) is 72.4 Å². The Hall–Kier alpha value is -1.05. The van der Waals surface area contributed by atoms with Crippen molar-refractivity contribution >= 4 is 10.0 Å². The summed E-state index contributed by atoms with van der Waals surface area (Å²) < 4.78 is 30.4. The normalized spacial score (nSPS) is 26.2. The molecule has 1 aromatic heterocycles. The van der Waals surface area contributed by atoms with Crippen molar-refractivity contribution in [3.05, 3.63) is 23.8 Å². The second kappa shape index (κ2) is 4.56. The van der Waals surface area contributed by atoms with Gasteiger partial charge in [0.25, 0.3) is 0 Å². The van der Waals surface area contributed by atoms with Crippen LogP contribution in [-0.2, 0) is 20.4 Å². The highest BCUT2D eigenvalue weighted by Crippen LogP contribution is 2.28. The number of nitrogens with zero attached hydrogens (tertiary/aromatic N) is 3. The van der Waals surface area contributed by atoms with E-state index in [1.54, 1.807) is 19.2 Å². The zero-order valence-electron chi connectivity index (χ0n) is 10.8. The van der Waals surface area contributed by atoms with Gasteiger partial charge in [0.2, 0.25) is 10.0 Å². The van der Waals surface area contributed by atoms with E-state index < -0.39 is 15.6 Å². The van der Waals surface area contributed by atoms with Crippen molar-refractivity contribution in [2.45, 2.75) is 19.4 Å². The van der Waals surface area contributed by atoms with Crippen LogP contribution >= 0.6 is 0 Å². The lowest BCUT2D eigenvalue weighted by atomic mass is 10.0. The summed E-state index contributed by atoms with van der Waals surface area (Å²) in [6.45, 7) is 4.68. The van der Waals surface area contributed by atoms with Crippen LogP contribution < -0.4 is 0 Å². The second-order valence-electron chi connectivity index (χ2n) is 4.66. The minimum Gasteiger partial charge on any atom is -0.366 e. The number of aromatic nitrogens is 2. The van der Waals surface area contributed by atoms with Crippen molar-refractivity contribution in [1.29, 1.82) is 0 Å². The van der Waals surface area contributed by atoms with Crippen LogP contribution in [0.15, 0.2) is 12.3 Å². The smallest absolute Gasteiger partial charge is 0.211 e. The summed E-state index contributed by atoms with van der Waals surface area (Å²) >= 11 is 0. The van der Waals surface area contributed by atoms with E-state index in [1.807, 2.05) is 6.92 Å². The molecule has 1 aliphatic rings. The zero-order valence-corrected chi connectivity index (χ0v) is 11.6. The molecule has 1 aromatic rings. The Bertz CT molecular complexity index is 546. The number of rotatable bonds is 2. The largest absolute Gasteiger partial charge is 0.366 e. The minimum atomic E-state index is -3.21. The molecule has 0 N–H and O–H groups in total. The predicted molar refractivity (Wildman–Crippen MR) is 66.5 cm³/mol. The first-order chi connectivity index (χ1) is 8.31. The second-order valence-corrected chi connectivity index (χ2v) is 6.65. The molecule has 1 saturated heterocycles. The lowest BCUT2D eigenvalue weighted by molar-refractivity contribution is -0.0846. The highest BCUT2D eigenvalue weighted by atomic mass is 32.2. The Balaban J connectivity index is 2.31. The van der Waals surface area contributed by atoms with Gasteiger partial charge in [-0.1, -0.05) is 0 Å². The Morgan fingerprint density at radius 1 is 1.50 bits per heavy atom. The Morgan fingerprint density at radius 2 is 2.22 bits per heavy atom. The average Bonchev–Trinajstić information content (AvgIpc) is 2.28. The van der Waals surface area contributed by atoms with Crippen LogP contribution in [-0.4, -0.2) is 48.6 Å². The minimum absolute atomic E-state index is 0.280. The van der Waals surface area contributed by atoms with E-state index in [2.05, 4.69) is 9.97 Å². The summed E-state index contributed by atoms with van der Waals surface area (Å²) in [5.74, 6) is 0.647. The average molecular weight is 271 g/mol. The first-order valence-electron chi connectivity index (χ1n) is 5.70. The van der Waals surface area contributed by atoms with Gasteiger partial charge >= 0.3 is 0 Å². The molecule has 1 unspecified atom stereocenters. The van der Waals surface area contributed by atoms with Gasteiger partial charge in [-0.2, -0.15) is 4.31 Å². The Morgan fingerprint density at radius 3 is 2.83 bits per heavy atom. The quantitative estimate of drug-likeness (QED) is 0.773. The summed E-state index contributed by atoms with van der Waals surface area (Å²) in [4.78, 5) is 8.36. The standard InChI is InChI=1S/C11H17N3O3S/c1-9-12-5-4-10(13-9)11(2)8-14(6-7-17-11)18(3,15)16/h4-5H,6-8H2,1-3H3. The first kappa shape index (κ1) is 13.4. The molecule has 2 rings (SSSR count). The van der Waals surface area contributed by atoms with Crippen LogP contribution in [0.4, 0.5) is 0 Å². The van der Waals surface area contributed by atoms with E-state index in [0.717, 1.165) is 0 Å². The third-order valence-corrected chi connectivity index (χ3v) is 4.28. The monoisotopic (exact) mass is 271 g/mol. The molecule has 0 aliphatic carbocycles. The number of aryl methyl sites for hydroxylation is 1. The number of hydrogen-bond acceptors (Lipinski definition) is 5. The first-order valence-corrected chi connectivity index (χ1v) is 7.55. The number of sulfonamides is 1. The van der Waals surface area contributed by atoms with E-state index >= 15 is 0 Å². The van der Waals surface area contributed by atoms with Crippen LogP contribution in [0.1, 0.15) is 18.4 Å². The highest BCUT2D eigenvalue weighted by Gasteiger charge is 2.38. The molecule has 1 aliphatic heterocycles. The van der Waals surface area contributed by atoms with Crippen molar-refractivity contribution in [3.8, 4) is 0 Å². The molecule has 1 fully saturated rings. The molecule has 0 saturated carbocycles. The fourth-order valence-corrected chi connectivity index (χ4v) is 2.91. The maximum atomic E-state index is 11.6. The van der Waals surface area contributed by atoms with E-state index in [0.29, 0.717) is 24.7 Å². The lowest BCUT2D eigenvalue weighted by Crippen LogP contribution is -2.50. The van der Waals surface area contributed by atoms with Crippen molar-refractivity contribution in [1.82, 2.24) is 14.3 Å². The molecule has 0 aromatic carbocycles. The van der Waals surface area contributed by atoms with Crippen molar-refractivity contribution in [3.63, 3.8) is 0 Å². The highest BCUT2D eigenvalue weighted by molar-refractivity contribution is 7.88. The molecular weight excluding hydrogens is 254 g/mol. The van der Waals surface area contributed by atoms with Gasteiger partial charge in [0.05, 0.1) is 18.6 Å². The molecule has 7 heteroatoms. The van der Waals surface area contributed by atoms with E-state index in [9.17, 15) is 8.42 Å². The summed E-state index contributed by atoms with van der Waals surface area (Å²) in [6.07, 6.45) is 2.87. The molecule has 6 nitrogen and oxygen atoms in total. The van der Waals surface area contributed by atoms with Gasteiger partial charge in [-0.05, 0) is 19.9 Å². The number of ether oxygens (including phenoxy) is 1. The maximum Gasteiger partial charge on any atom is 0.211 e. The van der Waals surface area contributed by atoms with Crippen LogP contribution in [0.3, 0.4) is 0 Å². The van der Waals surface area contributed by atoms with Crippen LogP contribution in [0.25, 0.3) is 0 Å². The van der Waals surface area contributed by atoms with Crippen LogP contribution in [0, 0.1) is 6.92 Å². The number of morpholine rings is 1. The van der Waals surface area contributed by atoms with Gasteiger partial charge in [0.15, 0.2) is 0 Å². The molecule has 0 bridgehead atoms. The molecule has 2 heterocycles. The fourth-order valence-electron chi connectivity index (χ4n) is 2.02. The summed E-state index contributed by atoms with van der Waals surface area (Å²) in [5, 5.41) is 0. The van der Waals surface area contributed by atoms with Gasteiger partial charge in [-0.25, -0.2) is 18.4 Å². The van der Waals surface area contributed by atoms with E-state index in [-0.39, 0.29) is 6.54 Å². The molecule has 18 heavy (non-hydrogen) atoms. The summed E-state index contributed by atoms with van der Waals surface area (Å²) in [6, 6.07) is 1.76. The lowest BCUT2D eigenvalue weighted by Gasteiger charge is -2.38. The predicted octanol–water partition coefficient (Wildman–Crippen LogP) is 0.292. The molecule has 0 amide bonds. The van der Waals surface area contributed by atoms with Gasteiger partial charge in [-0.3, -0.25) is 0 Å². The van der Waals surface area contributed by atoms with E-state index in [1.165, 1.54) is 10.6 Å². The van der Waals surface area contributed by atoms with Gasteiger partial charge in [0.1, 0.15) is 11.4 Å². The zero-order chi connectivity index (χ0) is 13.4.